The lowest BCUT2D eigenvalue weighted by atomic mass is 9.87. The fraction of sp³-hybridized carbons (Fsp3) is 0.174. The summed E-state index contributed by atoms with van der Waals surface area (Å²) in [4.78, 5) is 5.81. The maximum Gasteiger partial charge on any atom is 0.417 e. The molecule has 5 heteroatoms. The van der Waals surface area contributed by atoms with Gasteiger partial charge in [0, 0.05) is 12.1 Å². The number of rotatable bonds is 4. The third kappa shape index (κ3) is 3.07. The minimum absolute atomic E-state index is 0.114. The molecule has 0 aliphatic carbocycles. The first-order chi connectivity index (χ1) is 13.5. The molecule has 0 bridgehead atoms. The lowest BCUT2D eigenvalue weighted by molar-refractivity contribution is -0.219. The van der Waals surface area contributed by atoms with Gasteiger partial charge in [0.1, 0.15) is 5.84 Å². The van der Waals surface area contributed by atoms with Crippen molar-refractivity contribution in [3.05, 3.63) is 108 Å². The Hall–Kier alpha value is -3.08. The van der Waals surface area contributed by atoms with E-state index < -0.39 is 11.7 Å². The first-order valence-corrected chi connectivity index (χ1v) is 9.06. The number of nitrogens with zero attached hydrogens (tertiary/aromatic N) is 2. The van der Waals surface area contributed by atoms with E-state index in [2.05, 4.69) is 4.99 Å². The monoisotopic (exact) mass is 380 g/mol. The van der Waals surface area contributed by atoms with Crippen molar-refractivity contribution >= 4 is 5.84 Å². The van der Waals surface area contributed by atoms with Gasteiger partial charge in [0.15, 0.2) is 5.54 Å². The van der Waals surface area contributed by atoms with E-state index in [0.717, 1.165) is 5.56 Å². The molecule has 0 aromatic heterocycles. The fourth-order valence-corrected chi connectivity index (χ4v) is 3.72. The first-order valence-electron chi connectivity index (χ1n) is 9.06. The maximum absolute atomic E-state index is 14.6. The summed E-state index contributed by atoms with van der Waals surface area (Å²) in [7, 11) is 0. The van der Waals surface area contributed by atoms with Crippen molar-refractivity contribution in [2.75, 3.05) is 6.54 Å². The van der Waals surface area contributed by atoms with E-state index in [1.165, 1.54) is 17.0 Å². The van der Waals surface area contributed by atoms with Gasteiger partial charge in [0.2, 0.25) is 0 Å². The third-order valence-electron chi connectivity index (χ3n) is 5.11. The van der Waals surface area contributed by atoms with Crippen LogP contribution >= 0.6 is 0 Å². The van der Waals surface area contributed by atoms with Gasteiger partial charge in [-0.25, -0.2) is 0 Å². The van der Waals surface area contributed by atoms with Crippen LogP contribution in [0.1, 0.15) is 16.7 Å². The van der Waals surface area contributed by atoms with Crippen LogP contribution in [0.3, 0.4) is 0 Å². The van der Waals surface area contributed by atoms with Crippen LogP contribution in [-0.2, 0) is 12.1 Å². The van der Waals surface area contributed by atoms with E-state index in [4.69, 9.17) is 0 Å². The highest BCUT2D eigenvalue weighted by Gasteiger charge is 2.62. The smallest absolute Gasteiger partial charge is 0.332 e. The molecule has 0 radical (unpaired) electrons. The van der Waals surface area contributed by atoms with Gasteiger partial charge in [0.25, 0.3) is 0 Å². The Kier molecular flexibility index (Phi) is 4.67. The molecule has 142 valence electrons. The van der Waals surface area contributed by atoms with Gasteiger partial charge in [-0.05, 0) is 11.1 Å². The molecule has 1 aliphatic rings. The van der Waals surface area contributed by atoms with Crippen LogP contribution in [0.2, 0.25) is 0 Å². The van der Waals surface area contributed by atoms with Crippen LogP contribution in [-0.4, -0.2) is 23.5 Å². The lowest BCUT2D eigenvalue weighted by Crippen LogP contribution is -2.56. The number of aliphatic imine (C=N–C) groups is 1. The molecule has 3 aromatic rings. The van der Waals surface area contributed by atoms with Crippen molar-refractivity contribution in [2.24, 2.45) is 4.99 Å². The summed E-state index contributed by atoms with van der Waals surface area (Å²) < 4.78 is 43.9. The van der Waals surface area contributed by atoms with Gasteiger partial charge in [0.05, 0.1) is 6.54 Å². The Labute approximate surface area is 162 Å². The molecular formula is C23H19F3N2. The second-order valence-corrected chi connectivity index (χ2v) is 6.80. The summed E-state index contributed by atoms with van der Waals surface area (Å²) >= 11 is 0. The van der Waals surface area contributed by atoms with Crippen LogP contribution in [0.15, 0.2) is 96.0 Å². The topological polar surface area (TPSA) is 15.6 Å². The normalized spacial score (nSPS) is 19.5. The highest BCUT2D eigenvalue weighted by Crippen LogP contribution is 2.48. The van der Waals surface area contributed by atoms with Gasteiger partial charge < -0.3 is 4.90 Å². The average molecular weight is 380 g/mol. The van der Waals surface area contributed by atoms with Gasteiger partial charge in [-0.3, -0.25) is 4.99 Å². The highest BCUT2D eigenvalue weighted by atomic mass is 19.4. The van der Waals surface area contributed by atoms with Crippen LogP contribution in [0.4, 0.5) is 13.2 Å². The zero-order valence-electron chi connectivity index (χ0n) is 15.1. The van der Waals surface area contributed by atoms with Crippen molar-refractivity contribution in [1.82, 2.24) is 4.90 Å². The minimum atomic E-state index is -4.50. The average Bonchev–Trinajstić information content (AvgIpc) is 3.10. The molecule has 2 nitrogen and oxygen atoms in total. The molecule has 4 rings (SSSR count). The van der Waals surface area contributed by atoms with Crippen LogP contribution < -0.4 is 0 Å². The van der Waals surface area contributed by atoms with Crippen LogP contribution in [0.25, 0.3) is 0 Å². The standard InChI is InChI=1S/C23H19F3N2/c24-23(25,26)22(20-14-8-3-9-15-20)17-27-21(19-12-6-2-7-13-19)28(22)16-18-10-4-1-5-11-18/h1-15H,16-17H2/t22-/m0/s1. The second kappa shape index (κ2) is 7.15. The van der Waals surface area contributed by atoms with E-state index in [0.29, 0.717) is 11.4 Å². The molecule has 0 saturated carbocycles. The van der Waals surface area contributed by atoms with Gasteiger partial charge in [-0.1, -0.05) is 91.0 Å². The van der Waals surface area contributed by atoms with Crippen LogP contribution in [0.5, 0.6) is 0 Å². The Bertz CT molecular complexity index is 953. The van der Waals surface area contributed by atoms with Gasteiger partial charge >= 0.3 is 6.18 Å². The van der Waals surface area contributed by atoms with E-state index >= 15 is 0 Å². The lowest BCUT2D eigenvalue weighted by Gasteiger charge is -2.42. The Morgan fingerprint density at radius 1 is 0.786 bits per heavy atom. The second-order valence-electron chi connectivity index (χ2n) is 6.80. The van der Waals surface area contributed by atoms with Gasteiger partial charge in [-0.15, -0.1) is 0 Å². The molecule has 28 heavy (non-hydrogen) atoms. The highest BCUT2D eigenvalue weighted by molar-refractivity contribution is 6.00. The van der Waals surface area contributed by atoms with Crippen molar-refractivity contribution in [1.29, 1.82) is 0 Å². The molecule has 1 atom stereocenters. The summed E-state index contributed by atoms with van der Waals surface area (Å²) in [6.07, 6.45) is -4.50. The summed E-state index contributed by atoms with van der Waals surface area (Å²) in [5, 5.41) is 0. The molecule has 1 aliphatic heterocycles. The SMILES string of the molecule is FC(F)(F)[C@@]1(c2ccccc2)CN=C(c2ccccc2)N1Cc1ccccc1. The summed E-state index contributed by atoms with van der Waals surface area (Å²) in [5.74, 6) is 0.366. The molecule has 0 spiro atoms. The van der Waals surface area contributed by atoms with E-state index in [1.807, 2.05) is 48.5 Å². The first kappa shape index (κ1) is 18.3. The zero-order valence-corrected chi connectivity index (χ0v) is 15.1. The summed E-state index contributed by atoms with van der Waals surface area (Å²) in [5.41, 5.74) is -0.513. The Balaban J connectivity index is 1.87. The van der Waals surface area contributed by atoms with Crippen molar-refractivity contribution in [2.45, 2.75) is 18.3 Å². The molecule has 0 N–H and O–H groups in total. The molecular weight excluding hydrogens is 361 g/mol. The number of hydrogen-bond acceptors (Lipinski definition) is 2. The van der Waals surface area contributed by atoms with E-state index in [9.17, 15) is 13.2 Å². The predicted octanol–water partition coefficient (Wildman–Crippen LogP) is 5.41. The third-order valence-corrected chi connectivity index (χ3v) is 5.11. The Morgan fingerprint density at radius 2 is 1.32 bits per heavy atom. The molecule has 1 heterocycles. The number of alkyl halides is 3. The molecule has 0 unspecified atom stereocenters. The summed E-state index contributed by atoms with van der Waals surface area (Å²) in [6.45, 7) is -0.249. The molecule has 3 aromatic carbocycles. The largest absolute Gasteiger partial charge is 0.417 e. The Morgan fingerprint density at radius 3 is 1.89 bits per heavy atom. The quantitative estimate of drug-likeness (QED) is 0.591. The van der Waals surface area contributed by atoms with E-state index in [-0.39, 0.29) is 18.7 Å². The van der Waals surface area contributed by atoms with Crippen LogP contribution in [0, 0.1) is 0 Å². The van der Waals surface area contributed by atoms with Crippen molar-refractivity contribution in [3.8, 4) is 0 Å². The zero-order chi connectivity index (χ0) is 19.6. The van der Waals surface area contributed by atoms with E-state index in [1.54, 1.807) is 30.3 Å². The maximum atomic E-state index is 14.6. The fourth-order valence-electron chi connectivity index (χ4n) is 3.72. The number of halogens is 3. The molecule has 0 fully saturated rings. The van der Waals surface area contributed by atoms with Crippen molar-refractivity contribution in [3.63, 3.8) is 0 Å². The number of hydrogen-bond donors (Lipinski definition) is 0. The number of amidine groups is 1. The number of benzene rings is 3. The summed E-state index contributed by atoms with van der Waals surface area (Å²) in [6, 6.07) is 26.4. The molecule has 0 amide bonds. The van der Waals surface area contributed by atoms with Crippen molar-refractivity contribution < 1.29 is 13.2 Å². The minimum Gasteiger partial charge on any atom is -0.332 e. The molecule has 0 saturated heterocycles. The van der Waals surface area contributed by atoms with Gasteiger partial charge in [-0.2, -0.15) is 13.2 Å². The predicted molar refractivity (Wildman–Crippen MR) is 104 cm³/mol.